The summed E-state index contributed by atoms with van der Waals surface area (Å²) in [6, 6.07) is 28.6. The van der Waals surface area contributed by atoms with Crippen molar-refractivity contribution in [3.05, 3.63) is 108 Å². The number of hydrogen-bond acceptors (Lipinski definition) is 7. The molecule has 1 aliphatic heterocycles. The molecule has 6 rings (SSSR count). The fourth-order valence-corrected chi connectivity index (χ4v) is 5.65. The second kappa shape index (κ2) is 12.4. The van der Waals surface area contributed by atoms with Crippen molar-refractivity contribution in [1.82, 2.24) is 30.0 Å². The van der Waals surface area contributed by atoms with Crippen LogP contribution in [0.1, 0.15) is 30.9 Å². The van der Waals surface area contributed by atoms with Crippen LogP contribution in [0.4, 0.5) is 5.69 Å². The van der Waals surface area contributed by atoms with Crippen LogP contribution in [0, 0.1) is 6.92 Å². The molecule has 5 aromatic rings. The van der Waals surface area contributed by atoms with E-state index < -0.39 is 0 Å². The van der Waals surface area contributed by atoms with Crippen LogP contribution in [0.3, 0.4) is 0 Å². The SMILES string of the molecule is CC(=O)N(c1ccccc1C)C1CCN(Cc2ccc(-c3nc(-c4ncccn4)nnc3-c3ccccc3)cc2)CC1. The predicted octanol–water partition coefficient (Wildman–Crippen LogP) is 5.99. The molecule has 3 aromatic carbocycles. The summed E-state index contributed by atoms with van der Waals surface area (Å²) in [5, 5.41) is 8.89. The number of piperidine rings is 1. The van der Waals surface area contributed by atoms with E-state index in [2.05, 4.69) is 68.4 Å². The third kappa shape index (κ3) is 5.94. The van der Waals surface area contributed by atoms with Gasteiger partial charge < -0.3 is 4.90 Å². The van der Waals surface area contributed by atoms with E-state index in [1.54, 1.807) is 25.4 Å². The summed E-state index contributed by atoms with van der Waals surface area (Å²) in [6.07, 6.45) is 5.25. The number of benzene rings is 3. The standard InChI is InChI=1S/C34H33N7O/c1-24-9-6-7-12-30(24)41(25(2)42)29-17-21-40(22-18-29)23-26-13-15-28(16-14-26)31-32(27-10-4-3-5-11-27)38-39-34(37-31)33-35-19-8-20-36-33/h3-16,19-20,29H,17-18,21-23H2,1-2H3. The minimum Gasteiger partial charge on any atom is -0.309 e. The zero-order valence-corrected chi connectivity index (χ0v) is 23.9. The maximum Gasteiger partial charge on any atom is 0.224 e. The minimum absolute atomic E-state index is 0.106. The first kappa shape index (κ1) is 27.4. The Kier molecular flexibility index (Phi) is 8.05. The Hall–Kier alpha value is -4.82. The van der Waals surface area contributed by atoms with Gasteiger partial charge in [0, 0.05) is 61.8 Å². The lowest BCUT2D eigenvalue weighted by molar-refractivity contribution is -0.117. The van der Waals surface area contributed by atoms with E-state index >= 15 is 0 Å². The Bertz CT molecular complexity index is 1650. The number of amides is 1. The number of rotatable bonds is 7. The highest BCUT2D eigenvalue weighted by atomic mass is 16.2. The highest BCUT2D eigenvalue weighted by molar-refractivity contribution is 5.93. The number of aryl methyl sites for hydroxylation is 1. The third-order valence-electron chi connectivity index (χ3n) is 7.77. The van der Waals surface area contributed by atoms with Crippen molar-refractivity contribution in [3.63, 3.8) is 0 Å². The second-order valence-corrected chi connectivity index (χ2v) is 10.7. The topological polar surface area (TPSA) is 88.0 Å². The molecule has 8 nitrogen and oxygen atoms in total. The van der Waals surface area contributed by atoms with Gasteiger partial charge in [0.1, 0.15) is 11.4 Å². The van der Waals surface area contributed by atoms with Gasteiger partial charge in [0.05, 0.1) is 0 Å². The molecular weight excluding hydrogens is 522 g/mol. The Balaban J connectivity index is 1.18. The van der Waals surface area contributed by atoms with E-state index in [1.165, 1.54) is 5.56 Å². The van der Waals surface area contributed by atoms with Gasteiger partial charge >= 0.3 is 0 Å². The highest BCUT2D eigenvalue weighted by Gasteiger charge is 2.28. The first-order valence-corrected chi connectivity index (χ1v) is 14.3. The number of likely N-dealkylation sites (tertiary alicyclic amines) is 1. The van der Waals surface area contributed by atoms with Gasteiger partial charge in [-0.2, -0.15) is 0 Å². The Labute approximate surface area is 246 Å². The summed E-state index contributed by atoms with van der Waals surface area (Å²) in [5.74, 6) is 0.939. The van der Waals surface area contributed by atoms with Gasteiger partial charge in [-0.05, 0) is 43.0 Å². The van der Waals surface area contributed by atoms with Gasteiger partial charge in [-0.1, -0.05) is 72.8 Å². The fraction of sp³-hybridized carbons (Fsp3) is 0.235. The van der Waals surface area contributed by atoms with Crippen LogP contribution >= 0.6 is 0 Å². The van der Waals surface area contributed by atoms with Gasteiger partial charge in [-0.3, -0.25) is 9.69 Å². The molecule has 0 unspecified atom stereocenters. The highest BCUT2D eigenvalue weighted by Crippen LogP contribution is 2.31. The number of anilines is 1. The van der Waals surface area contributed by atoms with E-state index in [1.807, 2.05) is 47.4 Å². The monoisotopic (exact) mass is 555 g/mol. The Morgan fingerprint density at radius 1 is 0.786 bits per heavy atom. The van der Waals surface area contributed by atoms with Crippen LogP contribution in [0.25, 0.3) is 34.2 Å². The van der Waals surface area contributed by atoms with Crippen molar-refractivity contribution in [2.75, 3.05) is 18.0 Å². The Morgan fingerprint density at radius 3 is 2.14 bits per heavy atom. The van der Waals surface area contributed by atoms with Crippen LogP contribution in [-0.4, -0.2) is 55.1 Å². The summed E-state index contributed by atoms with van der Waals surface area (Å²) in [5.41, 5.74) is 6.75. The molecule has 1 fully saturated rings. The van der Waals surface area contributed by atoms with E-state index in [-0.39, 0.29) is 11.9 Å². The first-order valence-electron chi connectivity index (χ1n) is 14.3. The molecule has 0 saturated carbocycles. The third-order valence-corrected chi connectivity index (χ3v) is 7.77. The summed E-state index contributed by atoms with van der Waals surface area (Å²) in [6.45, 7) is 6.48. The van der Waals surface area contributed by atoms with E-state index in [0.717, 1.165) is 60.5 Å². The van der Waals surface area contributed by atoms with Crippen LogP contribution in [0.15, 0.2) is 97.3 Å². The zero-order valence-electron chi connectivity index (χ0n) is 23.9. The quantitative estimate of drug-likeness (QED) is 0.244. The molecule has 42 heavy (non-hydrogen) atoms. The molecule has 1 saturated heterocycles. The van der Waals surface area contributed by atoms with Crippen LogP contribution in [0.2, 0.25) is 0 Å². The lowest BCUT2D eigenvalue weighted by Gasteiger charge is -2.38. The van der Waals surface area contributed by atoms with Crippen LogP contribution in [0.5, 0.6) is 0 Å². The smallest absolute Gasteiger partial charge is 0.224 e. The summed E-state index contributed by atoms with van der Waals surface area (Å²) in [7, 11) is 0. The van der Waals surface area contributed by atoms with Gasteiger partial charge in [-0.15, -0.1) is 10.2 Å². The molecule has 1 amide bonds. The normalized spacial score (nSPS) is 14.0. The van der Waals surface area contributed by atoms with Crippen molar-refractivity contribution in [2.24, 2.45) is 0 Å². The van der Waals surface area contributed by atoms with Gasteiger partial charge in [0.25, 0.3) is 0 Å². The van der Waals surface area contributed by atoms with Gasteiger partial charge in [0.2, 0.25) is 11.7 Å². The lowest BCUT2D eigenvalue weighted by atomic mass is 9.99. The van der Waals surface area contributed by atoms with Crippen molar-refractivity contribution in [3.8, 4) is 34.2 Å². The molecular formula is C34H33N7O. The van der Waals surface area contributed by atoms with Crippen LogP contribution in [-0.2, 0) is 11.3 Å². The molecule has 0 N–H and O–H groups in total. The number of hydrogen-bond donors (Lipinski definition) is 0. The first-order chi connectivity index (χ1) is 20.6. The van der Waals surface area contributed by atoms with Crippen LogP contribution < -0.4 is 4.90 Å². The molecule has 0 aliphatic carbocycles. The van der Waals surface area contributed by atoms with E-state index in [9.17, 15) is 4.79 Å². The summed E-state index contributed by atoms with van der Waals surface area (Å²) < 4.78 is 0. The fourth-order valence-electron chi connectivity index (χ4n) is 5.65. The van der Waals surface area contributed by atoms with Crippen molar-refractivity contribution in [1.29, 1.82) is 0 Å². The average Bonchev–Trinajstić information content (AvgIpc) is 3.04. The number of nitrogens with zero attached hydrogens (tertiary/aromatic N) is 7. The van der Waals surface area contributed by atoms with Gasteiger partial charge in [-0.25, -0.2) is 15.0 Å². The minimum atomic E-state index is 0.106. The molecule has 0 atom stereocenters. The molecule has 8 heteroatoms. The number of carbonyl (C=O) groups excluding carboxylic acids is 1. The van der Waals surface area contributed by atoms with Crippen molar-refractivity contribution >= 4 is 11.6 Å². The van der Waals surface area contributed by atoms with Crippen molar-refractivity contribution < 1.29 is 4.79 Å². The molecule has 0 bridgehead atoms. The zero-order chi connectivity index (χ0) is 28.9. The van der Waals surface area contributed by atoms with Gasteiger partial charge in [0.15, 0.2) is 5.82 Å². The maximum atomic E-state index is 12.6. The average molecular weight is 556 g/mol. The molecule has 0 radical (unpaired) electrons. The molecule has 1 aliphatic rings. The number of para-hydroxylation sites is 1. The second-order valence-electron chi connectivity index (χ2n) is 10.7. The predicted molar refractivity (Wildman–Crippen MR) is 164 cm³/mol. The molecule has 2 aromatic heterocycles. The maximum absolute atomic E-state index is 12.6. The lowest BCUT2D eigenvalue weighted by Crippen LogP contribution is -2.47. The van der Waals surface area contributed by atoms with Crippen molar-refractivity contribution in [2.45, 2.75) is 39.3 Å². The Morgan fingerprint density at radius 2 is 1.45 bits per heavy atom. The summed E-state index contributed by atoms with van der Waals surface area (Å²) >= 11 is 0. The van der Waals surface area contributed by atoms with E-state index in [4.69, 9.17) is 4.98 Å². The number of carbonyl (C=O) groups is 1. The molecule has 210 valence electrons. The van der Waals surface area contributed by atoms with E-state index in [0.29, 0.717) is 17.3 Å². The number of aromatic nitrogens is 5. The summed E-state index contributed by atoms with van der Waals surface area (Å²) in [4.78, 5) is 30.6. The largest absolute Gasteiger partial charge is 0.309 e. The molecule has 3 heterocycles. The molecule has 0 spiro atoms.